The van der Waals surface area contributed by atoms with Crippen LogP contribution in [0.15, 0.2) is 18.2 Å². The Morgan fingerprint density at radius 2 is 2.29 bits per heavy atom. The van der Waals surface area contributed by atoms with Gasteiger partial charge in [0.25, 0.3) is 0 Å². The Kier molecular flexibility index (Phi) is 4.02. The number of hydrogen-bond acceptors (Lipinski definition) is 3. The van der Waals surface area contributed by atoms with E-state index in [4.69, 9.17) is 10.5 Å². The van der Waals surface area contributed by atoms with Crippen LogP contribution < -0.4 is 5.73 Å². The summed E-state index contributed by atoms with van der Waals surface area (Å²) >= 11 is 0. The van der Waals surface area contributed by atoms with Crippen LogP contribution >= 0.6 is 0 Å². The summed E-state index contributed by atoms with van der Waals surface area (Å²) in [6, 6.07) is 6.25. The van der Waals surface area contributed by atoms with E-state index in [9.17, 15) is 0 Å². The number of fused-ring (bicyclic) bond motifs is 1. The molecule has 0 saturated heterocycles. The number of hydrogen-bond donors (Lipinski definition) is 1. The van der Waals surface area contributed by atoms with Crippen LogP contribution in [-0.4, -0.2) is 31.7 Å². The van der Waals surface area contributed by atoms with Gasteiger partial charge in [-0.05, 0) is 29.5 Å². The fraction of sp³-hybridized carbons (Fsp3) is 0.571. The van der Waals surface area contributed by atoms with Crippen molar-refractivity contribution >= 4 is 5.69 Å². The monoisotopic (exact) mass is 234 g/mol. The number of rotatable bonds is 4. The molecule has 0 amide bonds. The van der Waals surface area contributed by atoms with Crippen molar-refractivity contribution in [2.75, 3.05) is 32.5 Å². The highest BCUT2D eigenvalue weighted by Gasteiger charge is 2.19. The minimum atomic E-state index is 0.575. The highest BCUT2D eigenvalue weighted by Crippen LogP contribution is 2.24. The highest BCUT2D eigenvalue weighted by atomic mass is 16.5. The molecule has 0 bridgehead atoms. The average molecular weight is 234 g/mol. The zero-order valence-electron chi connectivity index (χ0n) is 10.8. The standard InChI is InChI=1S/C14H22N2O/c1-11(10-17-2)8-16-7-6-12-4-3-5-14(15)13(12)9-16/h3-5,11H,6-10,15H2,1-2H3. The van der Waals surface area contributed by atoms with Gasteiger partial charge in [0.05, 0.1) is 0 Å². The number of benzene rings is 1. The molecule has 2 N–H and O–H groups in total. The molecule has 17 heavy (non-hydrogen) atoms. The molecule has 94 valence electrons. The van der Waals surface area contributed by atoms with Gasteiger partial charge < -0.3 is 10.5 Å². The van der Waals surface area contributed by atoms with Crippen LogP contribution in [0, 0.1) is 5.92 Å². The lowest BCUT2D eigenvalue weighted by molar-refractivity contribution is 0.124. The maximum absolute atomic E-state index is 6.04. The largest absolute Gasteiger partial charge is 0.398 e. The Balaban J connectivity index is 2.00. The van der Waals surface area contributed by atoms with Gasteiger partial charge in [0, 0.05) is 39.0 Å². The van der Waals surface area contributed by atoms with Gasteiger partial charge in [0.2, 0.25) is 0 Å². The molecule has 1 unspecified atom stereocenters. The zero-order chi connectivity index (χ0) is 12.3. The van der Waals surface area contributed by atoms with Crippen LogP contribution in [0.5, 0.6) is 0 Å². The maximum atomic E-state index is 6.04. The van der Waals surface area contributed by atoms with E-state index in [1.807, 2.05) is 6.07 Å². The molecule has 0 aliphatic carbocycles. The second-order valence-corrected chi connectivity index (χ2v) is 5.03. The Labute approximate surface area is 104 Å². The molecule has 3 heteroatoms. The van der Waals surface area contributed by atoms with E-state index < -0.39 is 0 Å². The number of anilines is 1. The lowest BCUT2D eigenvalue weighted by atomic mass is 9.97. The van der Waals surface area contributed by atoms with E-state index in [1.165, 1.54) is 11.1 Å². The summed E-state index contributed by atoms with van der Waals surface area (Å²) < 4.78 is 5.19. The van der Waals surface area contributed by atoms with Crippen LogP contribution in [0.1, 0.15) is 18.1 Å². The van der Waals surface area contributed by atoms with Crippen molar-refractivity contribution < 1.29 is 4.74 Å². The fourth-order valence-corrected chi connectivity index (χ4v) is 2.60. The topological polar surface area (TPSA) is 38.5 Å². The van der Waals surface area contributed by atoms with Crippen LogP contribution in [0.4, 0.5) is 5.69 Å². The van der Waals surface area contributed by atoms with E-state index in [0.717, 1.165) is 38.3 Å². The normalized spacial score (nSPS) is 17.8. The molecule has 1 aromatic rings. The number of methoxy groups -OCH3 is 1. The first-order valence-corrected chi connectivity index (χ1v) is 6.28. The van der Waals surface area contributed by atoms with Crippen LogP contribution in [0.25, 0.3) is 0 Å². The molecule has 1 heterocycles. The minimum absolute atomic E-state index is 0.575. The number of ether oxygens (including phenoxy) is 1. The quantitative estimate of drug-likeness (QED) is 0.809. The summed E-state index contributed by atoms with van der Waals surface area (Å²) in [5.74, 6) is 0.575. The van der Waals surface area contributed by atoms with Gasteiger partial charge in [0.1, 0.15) is 0 Å². The van der Waals surface area contributed by atoms with Gasteiger partial charge in [-0.2, -0.15) is 0 Å². The molecule has 0 fully saturated rings. The Morgan fingerprint density at radius 3 is 3.06 bits per heavy atom. The smallest absolute Gasteiger partial charge is 0.0500 e. The molecular formula is C14H22N2O. The second-order valence-electron chi connectivity index (χ2n) is 5.03. The van der Waals surface area contributed by atoms with Gasteiger partial charge in [-0.25, -0.2) is 0 Å². The van der Waals surface area contributed by atoms with Crippen LogP contribution in [0.3, 0.4) is 0 Å². The third-order valence-corrected chi connectivity index (χ3v) is 3.41. The molecule has 1 aromatic carbocycles. The summed E-state index contributed by atoms with van der Waals surface area (Å²) in [5.41, 5.74) is 9.72. The van der Waals surface area contributed by atoms with Crippen LogP contribution in [0.2, 0.25) is 0 Å². The van der Waals surface area contributed by atoms with Crippen molar-refractivity contribution in [1.29, 1.82) is 0 Å². The summed E-state index contributed by atoms with van der Waals surface area (Å²) in [6.07, 6.45) is 1.11. The summed E-state index contributed by atoms with van der Waals surface area (Å²) in [6.45, 7) is 6.25. The number of nitrogens with two attached hydrogens (primary N) is 1. The number of nitrogen functional groups attached to an aromatic ring is 1. The SMILES string of the molecule is COCC(C)CN1CCc2cccc(N)c2C1. The van der Waals surface area contributed by atoms with Gasteiger partial charge in [-0.3, -0.25) is 4.90 Å². The molecular weight excluding hydrogens is 212 g/mol. The average Bonchev–Trinajstić information content (AvgIpc) is 2.30. The maximum Gasteiger partial charge on any atom is 0.0500 e. The summed E-state index contributed by atoms with van der Waals surface area (Å²) in [4.78, 5) is 2.47. The van der Waals surface area contributed by atoms with Crippen molar-refractivity contribution in [2.45, 2.75) is 19.9 Å². The highest BCUT2D eigenvalue weighted by molar-refractivity contribution is 5.51. The van der Waals surface area contributed by atoms with E-state index >= 15 is 0 Å². The first-order chi connectivity index (χ1) is 8.20. The van der Waals surface area contributed by atoms with Crippen molar-refractivity contribution in [1.82, 2.24) is 4.90 Å². The molecule has 1 aliphatic heterocycles. The number of nitrogens with zero attached hydrogens (tertiary/aromatic N) is 1. The van der Waals surface area contributed by atoms with E-state index in [1.54, 1.807) is 7.11 Å². The molecule has 3 nitrogen and oxygen atoms in total. The van der Waals surface area contributed by atoms with Gasteiger partial charge in [-0.1, -0.05) is 19.1 Å². The first-order valence-electron chi connectivity index (χ1n) is 6.28. The molecule has 2 rings (SSSR count). The van der Waals surface area contributed by atoms with E-state index in [2.05, 4.69) is 24.0 Å². The van der Waals surface area contributed by atoms with E-state index in [-0.39, 0.29) is 0 Å². The second kappa shape index (κ2) is 5.52. The van der Waals surface area contributed by atoms with Gasteiger partial charge in [0.15, 0.2) is 0 Å². The molecule has 0 spiro atoms. The third-order valence-electron chi connectivity index (χ3n) is 3.41. The molecule has 1 aliphatic rings. The lowest BCUT2D eigenvalue weighted by Gasteiger charge is -2.31. The third kappa shape index (κ3) is 2.99. The molecule has 0 saturated carbocycles. The Morgan fingerprint density at radius 1 is 1.47 bits per heavy atom. The van der Waals surface area contributed by atoms with Crippen LogP contribution in [-0.2, 0) is 17.7 Å². The van der Waals surface area contributed by atoms with Gasteiger partial charge in [-0.15, -0.1) is 0 Å². The van der Waals surface area contributed by atoms with Crippen molar-refractivity contribution in [3.05, 3.63) is 29.3 Å². The summed E-state index contributed by atoms with van der Waals surface area (Å²) in [7, 11) is 1.76. The van der Waals surface area contributed by atoms with Crippen molar-refractivity contribution in [3.8, 4) is 0 Å². The lowest BCUT2D eigenvalue weighted by Crippen LogP contribution is -2.35. The summed E-state index contributed by atoms with van der Waals surface area (Å²) in [5, 5.41) is 0. The molecule has 0 radical (unpaired) electrons. The van der Waals surface area contributed by atoms with E-state index in [0.29, 0.717) is 5.92 Å². The van der Waals surface area contributed by atoms with Crippen molar-refractivity contribution in [2.24, 2.45) is 5.92 Å². The molecule has 0 aromatic heterocycles. The fourth-order valence-electron chi connectivity index (χ4n) is 2.60. The van der Waals surface area contributed by atoms with Gasteiger partial charge >= 0.3 is 0 Å². The van der Waals surface area contributed by atoms with Crippen molar-refractivity contribution in [3.63, 3.8) is 0 Å². The predicted octanol–water partition coefficient (Wildman–Crippen LogP) is 1.91. The zero-order valence-corrected chi connectivity index (χ0v) is 10.8. The Hall–Kier alpha value is -1.06. The Bertz CT molecular complexity index is 378. The predicted molar refractivity (Wildman–Crippen MR) is 70.9 cm³/mol. The minimum Gasteiger partial charge on any atom is -0.398 e. The molecule has 1 atom stereocenters. The first kappa shape index (κ1) is 12.4.